The standard InChI is InChI=1S/C13H19N3O4S/c14-10(17)5-4-7(12(18)19)2-1-3-9-11-8(6-21-9)15-13(20)16-11/h4-5,7-9,11H,1-3,6H2,(H2,14,17)(H,18,19)(H2,15,16,20)/t7?,8-,9-,11-/m0/s1. The van der Waals surface area contributed by atoms with Gasteiger partial charge in [0.2, 0.25) is 5.91 Å². The van der Waals surface area contributed by atoms with Gasteiger partial charge < -0.3 is 21.5 Å². The summed E-state index contributed by atoms with van der Waals surface area (Å²) in [5.74, 6) is -1.41. The van der Waals surface area contributed by atoms with Crippen molar-refractivity contribution in [2.24, 2.45) is 11.7 Å². The molecule has 0 aliphatic carbocycles. The maximum absolute atomic E-state index is 11.3. The lowest BCUT2D eigenvalue weighted by Crippen LogP contribution is -2.36. The molecule has 2 fully saturated rings. The molecule has 4 atom stereocenters. The molecule has 1 unspecified atom stereocenters. The molecule has 2 heterocycles. The lowest BCUT2D eigenvalue weighted by molar-refractivity contribution is -0.140. The fourth-order valence-corrected chi connectivity index (χ4v) is 4.24. The summed E-state index contributed by atoms with van der Waals surface area (Å²) in [5.41, 5.74) is 4.97. The normalized spacial score (nSPS) is 29.0. The molecule has 2 rings (SSSR count). The first-order valence-electron chi connectivity index (χ1n) is 6.86. The Labute approximate surface area is 126 Å². The highest BCUT2D eigenvalue weighted by Gasteiger charge is 2.42. The molecule has 2 aliphatic heterocycles. The Balaban J connectivity index is 1.78. The minimum absolute atomic E-state index is 0.122. The molecular weight excluding hydrogens is 294 g/mol. The summed E-state index contributed by atoms with van der Waals surface area (Å²) >= 11 is 1.80. The topological polar surface area (TPSA) is 122 Å². The molecule has 2 saturated heterocycles. The Bertz CT molecular complexity index is 468. The van der Waals surface area contributed by atoms with Crippen LogP contribution < -0.4 is 16.4 Å². The Hall–Kier alpha value is -1.70. The van der Waals surface area contributed by atoms with Crippen LogP contribution in [0.2, 0.25) is 0 Å². The summed E-state index contributed by atoms with van der Waals surface area (Å²) in [4.78, 5) is 33.0. The molecule has 0 radical (unpaired) electrons. The molecule has 0 aromatic rings. The van der Waals surface area contributed by atoms with Gasteiger partial charge in [-0.2, -0.15) is 11.8 Å². The number of hydrogen-bond donors (Lipinski definition) is 4. The van der Waals surface area contributed by atoms with E-state index >= 15 is 0 Å². The number of rotatable bonds is 7. The first kappa shape index (κ1) is 15.7. The van der Waals surface area contributed by atoms with Crippen LogP contribution in [0.25, 0.3) is 0 Å². The fourth-order valence-electron chi connectivity index (χ4n) is 2.69. The van der Waals surface area contributed by atoms with Gasteiger partial charge in [-0.25, -0.2) is 4.79 Å². The Morgan fingerprint density at radius 1 is 1.48 bits per heavy atom. The molecule has 0 aromatic heterocycles. The third-order valence-corrected chi connectivity index (χ3v) is 5.26. The monoisotopic (exact) mass is 313 g/mol. The van der Waals surface area contributed by atoms with E-state index in [2.05, 4.69) is 10.6 Å². The summed E-state index contributed by atoms with van der Waals surface area (Å²) in [6.45, 7) is 0. The second kappa shape index (κ2) is 6.84. The molecule has 0 aromatic carbocycles. The Kier molecular flexibility index (Phi) is 5.11. The number of carboxylic acid groups (broad SMARTS) is 1. The van der Waals surface area contributed by atoms with Gasteiger partial charge in [-0.15, -0.1) is 0 Å². The number of fused-ring (bicyclic) bond motifs is 1. The summed E-state index contributed by atoms with van der Waals surface area (Å²) in [6, 6.07) is 0.188. The number of hydrogen-bond acceptors (Lipinski definition) is 4. The summed E-state index contributed by atoms with van der Waals surface area (Å²) < 4.78 is 0. The molecule has 0 spiro atoms. The number of carbonyl (C=O) groups excluding carboxylic acids is 2. The summed E-state index contributed by atoms with van der Waals surface area (Å²) in [5, 5.41) is 15.2. The zero-order valence-electron chi connectivity index (χ0n) is 11.5. The van der Waals surface area contributed by atoms with Gasteiger partial charge in [0.05, 0.1) is 18.0 Å². The van der Waals surface area contributed by atoms with Gasteiger partial charge in [-0.3, -0.25) is 9.59 Å². The summed E-state index contributed by atoms with van der Waals surface area (Å²) in [6.07, 6.45) is 4.45. The molecule has 0 bridgehead atoms. The van der Waals surface area contributed by atoms with Crippen molar-refractivity contribution in [3.8, 4) is 0 Å². The number of urea groups is 1. The molecule has 21 heavy (non-hydrogen) atoms. The number of carboxylic acids is 1. The minimum atomic E-state index is -0.958. The number of amides is 3. The second-order valence-corrected chi connectivity index (χ2v) is 6.53. The van der Waals surface area contributed by atoms with Gasteiger partial charge in [-0.1, -0.05) is 12.5 Å². The van der Waals surface area contributed by atoms with Gasteiger partial charge in [-0.05, 0) is 18.9 Å². The molecule has 116 valence electrons. The first-order valence-corrected chi connectivity index (χ1v) is 7.91. The zero-order valence-corrected chi connectivity index (χ0v) is 12.3. The smallest absolute Gasteiger partial charge is 0.315 e. The van der Waals surface area contributed by atoms with Crippen molar-refractivity contribution in [1.29, 1.82) is 0 Å². The van der Waals surface area contributed by atoms with Gasteiger partial charge >= 0.3 is 12.0 Å². The van der Waals surface area contributed by atoms with Crippen LogP contribution in [0.1, 0.15) is 19.3 Å². The third kappa shape index (κ3) is 4.13. The van der Waals surface area contributed by atoms with Crippen molar-refractivity contribution < 1.29 is 19.5 Å². The van der Waals surface area contributed by atoms with Crippen LogP contribution in [0, 0.1) is 5.92 Å². The predicted octanol–water partition coefficient (Wildman–Crippen LogP) is 0.0644. The quantitative estimate of drug-likeness (QED) is 0.391. The lowest BCUT2D eigenvalue weighted by atomic mass is 9.98. The highest BCUT2D eigenvalue weighted by molar-refractivity contribution is 8.00. The molecule has 7 nitrogen and oxygen atoms in total. The lowest BCUT2D eigenvalue weighted by Gasteiger charge is -2.17. The van der Waals surface area contributed by atoms with E-state index in [0.29, 0.717) is 11.7 Å². The molecule has 0 saturated carbocycles. The number of primary amides is 1. The van der Waals surface area contributed by atoms with Crippen LogP contribution in [0.3, 0.4) is 0 Å². The van der Waals surface area contributed by atoms with Crippen LogP contribution in [-0.4, -0.2) is 46.1 Å². The van der Waals surface area contributed by atoms with Gasteiger partial charge in [0, 0.05) is 11.0 Å². The van der Waals surface area contributed by atoms with Crippen molar-refractivity contribution in [2.45, 2.75) is 36.6 Å². The van der Waals surface area contributed by atoms with Crippen molar-refractivity contribution >= 4 is 29.7 Å². The molecule has 3 amide bonds. The van der Waals surface area contributed by atoms with Gasteiger partial charge in [0.25, 0.3) is 0 Å². The van der Waals surface area contributed by atoms with Crippen LogP contribution in [0.4, 0.5) is 4.79 Å². The van der Waals surface area contributed by atoms with Gasteiger partial charge in [0.15, 0.2) is 0 Å². The highest BCUT2D eigenvalue weighted by Crippen LogP contribution is 2.33. The average molecular weight is 313 g/mol. The number of nitrogens with one attached hydrogen (secondary N) is 2. The SMILES string of the molecule is NC(=O)C=CC(CCC[C@@H]1SC[C@@H]2NC(=O)N[C@@H]21)C(=O)O. The number of nitrogens with two attached hydrogens (primary N) is 1. The van der Waals surface area contributed by atoms with E-state index in [1.54, 1.807) is 11.8 Å². The van der Waals surface area contributed by atoms with Gasteiger partial charge in [0.1, 0.15) is 0 Å². The average Bonchev–Trinajstić information content (AvgIpc) is 2.92. The van der Waals surface area contributed by atoms with Crippen LogP contribution >= 0.6 is 11.8 Å². The first-order chi connectivity index (χ1) is 9.97. The van der Waals surface area contributed by atoms with E-state index in [-0.39, 0.29) is 18.1 Å². The third-order valence-electron chi connectivity index (χ3n) is 3.75. The number of carbonyl (C=O) groups is 3. The maximum Gasteiger partial charge on any atom is 0.315 e. The van der Waals surface area contributed by atoms with E-state index in [1.807, 2.05) is 0 Å². The molecule has 2 aliphatic rings. The van der Waals surface area contributed by atoms with Crippen molar-refractivity contribution in [1.82, 2.24) is 10.6 Å². The molecular formula is C13H19N3O4S. The van der Waals surface area contributed by atoms with Crippen LogP contribution in [0.5, 0.6) is 0 Å². The van der Waals surface area contributed by atoms with Crippen molar-refractivity contribution in [3.63, 3.8) is 0 Å². The predicted molar refractivity (Wildman–Crippen MR) is 78.8 cm³/mol. The van der Waals surface area contributed by atoms with Crippen LogP contribution in [-0.2, 0) is 9.59 Å². The van der Waals surface area contributed by atoms with E-state index in [9.17, 15) is 14.4 Å². The molecule has 8 heteroatoms. The minimum Gasteiger partial charge on any atom is -0.481 e. The van der Waals surface area contributed by atoms with Crippen molar-refractivity contribution in [2.75, 3.05) is 5.75 Å². The largest absolute Gasteiger partial charge is 0.481 e. The van der Waals surface area contributed by atoms with E-state index in [1.165, 1.54) is 6.08 Å². The Morgan fingerprint density at radius 3 is 2.90 bits per heavy atom. The van der Waals surface area contributed by atoms with E-state index in [0.717, 1.165) is 24.7 Å². The highest BCUT2D eigenvalue weighted by atomic mass is 32.2. The van der Waals surface area contributed by atoms with E-state index < -0.39 is 17.8 Å². The van der Waals surface area contributed by atoms with Crippen molar-refractivity contribution in [3.05, 3.63) is 12.2 Å². The second-order valence-electron chi connectivity index (χ2n) is 5.26. The zero-order chi connectivity index (χ0) is 15.4. The number of aliphatic carboxylic acids is 1. The Morgan fingerprint density at radius 2 is 2.24 bits per heavy atom. The van der Waals surface area contributed by atoms with E-state index in [4.69, 9.17) is 10.8 Å². The fraction of sp³-hybridized carbons (Fsp3) is 0.615. The maximum atomic E-state index is 11.3. The molecule has 5 N–H and O–H groups in total. The van der Waals surface area contributed by atoms with Crippen LogP contribution in [0.15, 0.2) is 12.2 Å². The number of thioether (sulfide) groups is 1. The summed E-state index contributed by atoms with van der Waals surface area (Å²) in [7, 11) is 0.